The summed E-state index contributed by atoms with van der Waals surface area (Å²) in [6.07, 6.45) is 12.4. The molecule has 2 aromatic carbocycles. The number of aromatic amines is 2. The summed E-state index contributed by atoms with van der Waals surface area (Å²) in [5.41, 5.74) is 5.37. The number of alkyl carbamates (subject to hydrolysis) is 2. The maximum Gasteiger partial charge on any atom is 0.407 e. The van der Waals surface area contributed by atoms with Gasteiger partial charge in [-0.05, 0) is 92.2 Å². The van der Waals surface area contributed by atoms with Gasteiger partial charge < -0.3 is 39.9 Å². The smallest absolute Gasteiger partial charge is 0.407 e. The number of nitrogens with one attached hydrogen (secondary N) is 4. The summed E-state index contributed by atoms with van der Waals surface area (Å²) in [4.78, 5) is 72.5. The number of likely N-dealkylation sites (tertiary alicyclic amines) is 2. The largest absolute Gasteiger partial charge is 0.453 e. The van der Waals surface area contributed by atoms with Crippen molar-refractivity contribution in [2.45, 2.75) is 113 Å². The summed E-state index contributed by atoms with van der Waals surface area (Å²) < 4.78 is 9.65. The summed E-state index contributed by atoms with van der Waals surface area (Å²) in [6.45, 7) is 5.06. The Balaban J connectivity index is 0.917. The lowest BCUT2D eigenvalue weighted by molar-refractivity contribution is -0.135. The van der Waals surface area contributed by atoms with Gasteiger partial charge in [-0.1, -0.05) is 68.4 Å². The molecular weight excluding hydrogens is 749 g/mol. The molecule has 9 rings (SSSR count). The highest BCUT2D eigenvalue weighted by molar-refractivity contribution is 5.88. The fourth-order valence-electron chi connectivity index (χ4n) is 10.2. The predicted molar refractivity (Wildman–Crippen MR) is 220 cm³/mol. The molecule has 2 saturated heterocycles. The normalized spacial score (nSPS) is 24.8. The van der Waals surface area contributed by atoms with E-state index in [1.165, 1.54) is 25.5 Å². The molecule has 4 heterocycles. The number of hydrogen-bond acceptors (Lipinski definition) is 8. The lowest BCUT2D eigenvalue weighted by Crippen LogP contribution is -2.51. The number of imidazole rings is 2. The zero-order valence-electron chi connectivity index (χ0n) is 34.5. The van der Waals surface area contributed by atoms with Crippen molar-refractivity contribution in [2.75, 3.05) is 27.3 Å². The van der Waals surface area contributed by atoms with Crippen LogP contribution >= 0.6 is 0 Å². The first-order valence-electron chi connectivity index (χ1n) is 21.1. The number of fused-ring (bicyclic) bond motifs is 3. The third-order valence-electron chi connectivity index (χ3n) is 13.7. The second-order valence-corrected chi connectivity index (χ2v) is 17.2. The Morgan fingerprint density at radius 2 is 1.27 bits per heavy atom. The van der Waals surface area contributed by atoms with Crippen LogP contribution in [0.3, 0.4) is 0 Å². The number of aromatic nitrogens is 4. The van der Waals surface area contributed by atoms with Crippen LogP contribution in [0.5, 0.6) is 0 Å². The topological polar surface area (TPSA) is 175 Å². The minimum Gasteiger partial charge on any atom is -0.453 e. The molecule has 4 aromatic rings. The van der Waals surface area contributed by atoms with E-state index in [9.17, 15) is 19.2 Å². The number of methoxy groups -OCH3 is 2. The monoisotopic (exact) mass is 804 g/mol. The van der Waals surface area contributed by atoms with Gasteiger partial charge >= 0.3 is 12.2 Å². The number of carbonyl (C=O) groups is 4. The zero-order chi connectivity index (χ0) is 41.3. The summed E-state index contributed by atoms with van der Waals surface area (Å²) in [5.74, 6) is 1.19. The van der Waals surface area contributed by atoms with Crippen molar-refractivity contribution in [3.8, 4) is 11.3 Å². The van der Waals surface area contributed by atoms with E-state index >= 15 is 0 Å². The van der Waals surface area contributed by atoms with Crippen molar-refractivity contribution in [1.82, 2.24) is 40.4 Å². The quantitative estimate of drug-likeness (QED) is 0.124. The number of ether oxygens (including phenoxy) is 2. The summed E-state index contributed by atoms with van der Waals surface area (Å²) in [6, 6.07) is 16.3. The van der Waals surface area contributed by atoms with E-state index in [2.05, 4.69) is 44.9 Å². The molecule has 0 radical (unpaired) electrons. The number of rotatable bonds is 11. The van der Waals surface area contributed by atoms with Crippen molar-refractivity contribution in [3.63, 3.8) is 0 Å². The van der Waals surface area contributed by atoms with Gasteiger partial charge in [0.15, 0.2) is 0 Å². The minimum absolute atomic E-state index is 0.0472. The van der Waals surface area contributed by atoms with Gasteiger partial charge in [0, 0.05) is 30.4 Å². The number of hydrogen-bond donors (Lipinski definition) is 4. The van der Waals surface area contributed by atoms with Crippen LogP contribution in [0, 0.1) is 5.92 Å². The molecule has 14 heteroatoms. The summed E-state index contributed by atoms with van der Waals surface area (Å²) >= 11 is 0. The Hall–Kier alpha value is -5.66. The van der Waals surface area contributed by atoms with Crippen LogP contribution in [-0.4, -0.2) is 87.1 Å². The fourth-order valence-corrected chi connectivity index (χ4v) is 10.2. The second-order valence-electron chi connectivity index (χ2n) is 17.2. The second kappa shape index (κ2) is 16.5. The SMILES string of the molecule is COC(=O)N[C@H](C(=O)N1CCC[C@H]1c1ncc(C23CCC(c4ccc(-c5cnc([C@@H]6CCCN6C(=O)[C@H](NC(=O)OC)c6ccccc6)[nH]5)cc4)(CC2)CC3)[nH]1)C(C)C. The van der Waals surface area contributed by atoms with Crippen molar-refractivity contribution in [2.24, 2.45) is 5.92 Å². The minimum atomic E-state index is -0.866. The first-order valence-corrected chi connectivity index (χ1v) is 21.1. The van der Waals surface area contributed by atoms with Crippen LogP contribution < -0.4 is 10.6 Å². The maximum absolute atomic E-state index is 14.0. The first-order chi connectivity index (χ1) is 28.5. The van der Waals surface area contributed by atoms with Crippen LogP contribution in [-0.2, 0) is 29.9 Å². The fraction of sp³-hybridized carbons (Fsp3) is 0.511. The van der Waals surface area contributed by atoms with E-state index in [0.29, 0.717) is 18.7 Å². The highest BCUT2D eigenvalue weighted by Crippen LogP contribution is 2.58. The van der Waals surface area contributed by atoms with Gasteiger partial charge in [0.1, 0.15) is 23.7 Å². The standard InChI is InChI=1S/C45H56N8O6/c1-28(2)36(50-42(56)58-3)40(54)52-24-9-13-34(52)39-47-27-35(49-39)45-21-18-44(19-22-45,20-23-45)31-16-14-29(15-17-31)32-26-46-38(48-32)33-12-8-25-53(33)41(55)37(51-43(57)59-4)30-10-6-5-7-11-30/h5-7,10-11,14-17,26-28,33-34,36-37H,8-9,12-13,18-25H2,1-4H3,(H,46,48)(H,47,49)(H,50,56)(H,51,57)/t33-,34-,36-,37+,44?,45?/m0/s1. The Labute approximate surface area is 345 Å². The molecule has 5 fully saturated rings. The number of H-pyrrole nitrogens is 2. The van der Waals surface area contributed by atoms with Crippen molar-refractivity contribution in [1.29, 1.82) is 0 Å². The molecule has 3 saturated carbocycles. The van der Waals surface area contributed by atoms with Crippen LogP contribution in [0.25, 0.3) is 11.3 Å². The van der Waals surface area contributed by atoms with Gasteiger partial charge in [0.2, 0.25) is 5.91 Å². The zero-order valence-corrected chi connectivity index (χ0v) is 34.5. The molecule has 5 aliphatic rings. The van der Waals surface area contributed by atoms with Gasteiger partial charge in [-0.15, -0.1) is 0 Å². The predicted octanol–water partition coefficient (Wildman–Crippen LogP) is 7.15. The Morgan fingerprint density at radius 1 is 0.712 bits per heavy atom. The Bertz CT molecular complexity index is 2120. The molecule has 0 spiro atoms. The lowest BCUT2D eigenvalue weighted by Gasteiger charge is -2.53. The average Bonchev–Trinajstić information content (AvgIpc) is 4.12. The third kappa shape index (κ3) is 7.69. The van der Waals surface area contributed by atoms with Crippen LogP contribution in [0.1, 0.15) is 125 Å². The van der Waals surface area contributed by atoms with Crippen LogP contribution in [0.4, 0.5) is 9.59 Å². The van der Waals surface area contributed by atoms with Crippen molar-refractivity contribution < 1.29 is 28.7 Å². The molecule has 4 N–H and O–H groups in total. The molecular formula is C45H56N8O6. The van der Waals surface area contributed by atoms with E-state index in [-0.39, 0.29) is 40.6 Å². The summed E-state index contributed by atoms with van der Waals surface area (Å²) in [5, 5.41) is 5.47. The highest BCUT2D eigenvalue weighted by atomic mass is 16.5. The Kier molecular flexibility index (Phi) is 11.2. The number of benzene rings is 2. The van der Waals surface area contributed by atoms with E-state index < -0.39 is 24.3 Å². The number of carbonyl (C=O) groups excluding carboxylic acids is 4. The summed E-state index contributed by atoms with van der Waals surface area (Å²) in [7, 11) is 2.60. The number of amides is 4. The van der Waals surface area contributed by atoms with Gasteiger partial charge in [-0.3, -0.25) is 9.59 Å². The molecule has 4 atom stereocenters. The number of nitrogens with zero attached hydrogens (tertiary/aromatic N) is 4. The van der Waals surface area contributed by atoms with E-state index in [1.54, 1.807) is 0 Å². The third-order valence-corrected chi connectivity index (χ3v) is 13.7. The molecule has 3 aliphatic carbocycles. The lowest BCUT2D eigenvalue weighted by atomic mass is 9.51. The molecule has 2 aliphatic heterocycles. The van der Waals surface area contributed by atoms with E-state index in [4.69, 9.17) is 19.4 Å². The van der Waals surface area contributed by atoms with E-state index in [0.717, 1.165) is 87.1 Å². The first kappa shape index (κ1) is 40.1. The molecule has 14 nitrogen and oxygen atoms in total. The molecule has 2 aromatic heterocycles. The molecule has 59 heavy (non-hydrogen) atoms. The van der Waals surface area contributed by atoms with Crippen molar-refractivity contribution >= 4 is 24.0 Å². The maximum atomic E-state index is 14.0. The average molecular weight is 805 g/mol. The highest BCUT2D eigenvalue weighted by Gasteiger charge is 2.51. The molecule has 0 unspecified atom stereocenters. The van der Waals surface area contributed by atoms with Crippen LogP contribution in [0.15, 0.2) is 67.0 Å². The molecule has 4 amide bonds. The molecule has 2 bridgehead atoms. The van der Waals surface area contributed by atoms with Gasteiger partial charge in [-0.25, -0.2) is 19.6 Å². The molecule has 312 valence electrons. The Morgan fingerprint density at radius 3 is 1.88 bits per heavy atom. The van der Waals surface area contributed by atoms with Crippen LogP contribution in [0.2, 0.25) is 0 Å². The van der Waals surface area contributed by atoms with E-state index in [1.807, 2.05) is 66.4 Å². The van der Waals surface area contributed by atoms with Gasteiger partial charge in [0.05, 0.1) is 38.2 Å². The van der Waals surface area contributed by atoms with Crippen molar-refractivity contribution in [3.05, 3.63) is 95.5 Å². The van der Waals surface area contributed by atoms with Gasteiger partial charge in [0.25, 0.3) is 5.91 Å². The van der Waals surface area contributed by atoms with Gasteiger partial charge in [-0.2, -0.15) is 0 Å².